The molecule has 37 heavy (non-hydrogen) atoms. The first-order chi connectivity index (χ1) is 17.6. The molecule has 3 heterocycles. The molecule has 2 atom stereocenters. The highest BCUT2D eigenvalue weighted by Gasteiger charge is 2.50. The van der Waals surface area contributed by atoms with Gasteiger partial charge in [0.1, 0.15) is 11.4 Å². The summed E-state index contributed by atoms with van der Waals surface area (Å²) < 4.78 is 60.9. The number of rotatable bonds is 4. The first kappa shape index (κ1) is 24.9. The van der Waals surface area contributed by atoms with E-state index in [2.05, 4.69) is 4.98 Å². The monoisotopic (exact) mass is 513 g/mol. The molecule has 0 N–H and O–H groups in total. The highest BCUT2D eigenvalue weighted by Crippen LogP contribution is 2.40. The molecule has 194 valence electrons. The third kappa shape index (κ3) is 4.46. The van der Waals surface area contributed by atoms with Gasteiger partial charge in [-0.2, -0.15) is 0 Å². The number of hydrogen-bond acceptors (Lipinski definition) is 5. The lowest BCUT2D eigenvalue weighted by atomic mass is 9.90. The molecule has 0 unspecified atom stereocenters. The Morgan fingerprint density at radius 3 is 2.51 bits per heavy atom. The van der Waals surface area contributed by atoms with E-state index in [0.717, 1.165) is 23.5 Å². The molecule has 1 amide bonds. The zero-order valence-electron chi connectivity index (χ0n) is 20.8. The number of amides is 1. The Morgan fingerprint density at radius 2 is 1.86 bits per heavy atom. The molecule has 2 aromatic carbocycles. The fourth-order valence-corrected chi connectivity index (χ4v) is 4.83. The van der Waals surface area contributed by atoms with Gasteiger partial charge in [-0.15, -0.1) is 0 Å². The molecule has 0 saturated carbocycles. The highest BCUT2D eigenvalue weighted by molar-refractivity contribution is 5.97. The summed E-state index contributed by atoms with van der Waals surface area (Å²) in [7, 11) is 1.55. The van der Waals surface area contributed by atoms with Crippen LogP contribution in [-0.4, -0.2) is 52.3 Å². The van der Waals surface area contributed by atoms with Crippen molar-refractivity contribution in [3.05, 3.63) is 82.9 Å². The molecule has 1 aromatic heterocycles. The van der Waals surface area contributed by atoms with E-state index in [1.54, 1.807) is 25.6 Å². The number of aryl methyl sites for hydroxylation is 1. The molecule has 0 radical (unpaired) electrons. The van der Waals surface area contributed by atoms with Crippen LogP contribution in [0, 0.1) is 24.4 Å². The minimum Gasteiger partial charge on any atom is -0.495 e. The van der Waals surface area contributed by atoms with Gasteiger partial charge >= 0.3 is 0 Å². The largest absolute Gasteiger partial charge is 0.495 e. The second-order valence-electron chi connectivity index (χ2n) is 9.65. The Morgan fingerprint density at radius 1 is 1.14 bits per heavy atom. The number of methoxy groups -OCH3 is 1. The number of nitrogens with zero attached hydrogens (tertiary/aromatic N) is 3. The molecule has 7 nitrogen and oxygen atoms in total. The van der Waals surface area contributed by atoms with Crippen LogP contribution >= 0.6 is 0 Å². The Kier molecular flexibility index (Phi) is 6.23. The molecule has 0 spiro atoms. The van der Waals surface area contributed by atoms with Crippen LogP contribution in [-0.2, 0) is 14.3 Å². The van der Waals surface area contributed by atoms with Crippen molar-refractivity contribution in [2.45, 2.75) is 38.5 Å². The molecule has 2 saturated heterocycles. The topological polar surface area (TPSA) is 65.8 Å². The lowest BCUT2D eigenvalue weighted by Crippen LogP contribution is -2.64. The van der Waals surface area contributed by atoms with Crippen molar-refractivity contribution in [1.82, 2.24) is 14.5 Å². The summed E-state index contributed by atoms with van der Waals surface area (Å²) in [5.41, 5.74) is 1.50. The average molecular weight is 514 g/mol. The smallest absolute Gasteiger partial charge is 0.290 e. The molecule has 2 aliphatic rings. The molecule has 10 heteroatoms. The number of fused-ring (bicyclic) bond motifs is 1. The van der Waals surface area contributed by atoms with Crippen LogP contribution in [0.2, 0.25) is 0 Å². The van der Waals surface area contributed by atoms with E-state index in [9.17, 15) is 18.0 Å². The second kappa shape index (κ2) is 9.26. The van der Waals surface area contributed by atoms with Gasteiger partial charge in [-0.25, -0.2) is 18.2 Å². The molecule has 5 rings (SSSR count). The predicted octanol–water partition coefficient (Wildman–Crippen LogP) is 4.73. The highest BCUT2D eigenvalue weighted by atomic mass is 19.2. The summed E-state index contributed by atoms with van der Waals surface area (Å²) in [4.78, 5) is 19.5. The van der Waals surface area contributed by atoms with Gasteiger partial charge in [-0.1, -0.05) is 6.07 Å². The number of morpholine rings is 2. The van der Waals surface area contributed by atoms with E-state index in [1.165, 1.54) is 4.90 Å². The number of carbonyl (C=O) groups is 1. The van der Waals surface area contributed by atoms with Gasteiger partial charge in [0.25, 0.3) is 5.91 Å². The summed E-state index contributed by atoms with van der Waals surface area (Å²) in [6.45, 7) is 5.70. The average Bonchev–Trinajstić information content (AvgIpc) is 3.30. The summed E-state index contributed by atoms with van der Waals surface area (Å²) in [5.74, 6) is -4.05. The van der Waals surface area contributed by atoms with Gasteiger partial charge in [0.05, 0.1) is 50.1 Å². The number of aromatic nitrogens is 2. The molecular weight excluding hydrogens is 487 g/mol. The van der Waals surface area contributed by atoms with Crippen LogP contribution < -0.4 is 4.74 Å². The quantitative estimate of drug-likeness (QED) is 0.373. The van der Waals surface area contributed by atoms with Crippen molar-refractivity contribution < 1.29 is 32.2 Å². The maximum atomic E-state index is 14.0. The van der Waals surface area contributed by atoms with Crippen LogP contribution in [0.4, 0.5) is 13.2 Å². The summed E-state index contributed by atoms with van der Waals surface area (Å²) in [6, 6.07) is 5.86. The fourth-order valence-electron chi connectivity index (χ4n) is 4.83. The van der Waals surface area contributed by atoms with E-state index < -0.39 is 41.0 Å². The Balaban J connectivity index is 1.53. The molecular formula is C27H26F3N3O4. The maximum absolute atomic E-state index is 14.0. The van der Waals surface area contributed by atoms with Crippen LogP contribution in [0.5, 0.6) is 5.75 Å². The lowest BCUT2D eigenvalue weighted by Gasteiger charge is -2.52. The first-order valence-corrected chi connectivity index (χ1v) is 11.7. The summed E-state index contributed by atoms with van der Waals surface area (Å²) >= 11 is 0. The number of hydrogen-bond donors (Lipinski definition) is 0. The number of halogens is 3. The van der Waals surface area contributed by atoms with E-state index in [0.29, 0.717) is 11.3 Å². The van der Waals surface area contributed by atoms with Crippen molar-refractivity contribution in [3.8, 4) is 11.4 Å². The third-order valence-electron chi connectivity index (χ3n) is 6.73. The van der Waals surface area contributed by atoms with Gasteiger partial charge in [0.15, 0.2) is 23.2 Å². The fraction of sp³-hybridized carbons (Fsp3) is 0.333. The van der Waals surface area contributed by atoms with Gasteiger partial charge in [-0.3, -0.25) is 4.79 Å². The minimum absolute atomic E-state index is 0.00293. The molecule has 0 bridgehead atoms. The lowest BCUT2D eigenvalue weighted by molar-refractivity contribution is -0.184. The number of imidazole rings is 1. The standard InChI is InChI=1S/C27H26F3N3O4/c1-15-11-32(14-31-15)20-6-5-16(7-22(20)35-4)8-23-26(34)33-21(12-36-13-24(33)27(2,3)37-23)17-9-18(28)25(30)19(29)10-17/h5-11,14,21,24H,12-13H2,1-4H3/t21-,24+/m0/s1. The van der Waals surface area contributed by atoms with Gasteiger partial charge in [0.2, 0.25) is 0 Å². The molecule has 2 aliphatic heterocycles. The zero-order chi connectivity index (χ0) is 26.5. The van der Waals surface area contributed by atoms with Crippen LogP contribution in [0.25, 0.3) is 11.8 Å². The van der Waals surface area contributed by atoms with Crippen LogP contribution in [0.1, 0.15) is 36.7 Å². The van der Waals surface area contributed by atoms with E-state index in [4.69, 9.17) is 14.2 Å². The second-order valence-corrected chi connectivity index (χ2v) is 9.65. The zero-order valence-corrected chi connectivity index (χ0v) is 20.8. The van der Waals surface area contributed by atoms with Crippen LogP contribution in [0.3, 0.4) is 0 Å². The summed E-state index contributed by atoms with van der Waals surface area (Å²) in [5, 5.41) is 0. The van der Waals surface area contributed by atoms with Crippen LogP contribution in [0.15, 0.2) is 48.6 Å². The van der Waals surface area contributed by atoms with Crippen molar-refractivity contribution in [1.29, 1.82) is 0 Å². The molecule has 0 aliphatic carbocycles. The number of benzene rings is 2. The van der Waals surface area contributed by atoms with Crippen molar-refractivity contribution in [3.63, 3.8) is 0 Å². The Bertz CT molecular complexity index is 1380. The van der Waals surface area contributed by atoms with Gasteiger partial charge in [0, 0.05) is 6.20 Å². The van der Waals surface area contributed by atoms with Crippen molar-refractivity contribution >= 4 is 12.0 Å². The van der Waals surface area contributed by atoms with E-state index in [-0.39, 0.29) is 24.5 Å². The Labute approximate surface area is 212 Å². The van der Waals surface area contributed by atoms with Crippen molar-refractivity contribution in [2.24, 2.45) is 0 Å². The van der Waals surface area contributed by atoms with Crippen molar-refractivity contribution in [2.75, 3.05) is 20.3 Å². The minimum atomic E-state index is -1.56. The number of ether oxygens (including phenoxy) is 3. The third-order valence-corrected chi connectivity index (χ3v) is 6.73. The van der Waals surface area contributed by atoms with Gasteiger partial charge in [-0.05, 0) is 62.2 Å². The van der Waals surface area contributed by atoms with E-state index in [1.807, 2.05) is 43.7 Å². The first-order valence-electron chi connectivity index (χ1n) is 11.7. The molecule has 3 aromatic rings. The predicted molar refractivity (Wildman–Crippen MR) is 129 cm³/mol. The Hall–Kier alpha value is -3.79. The normalized spacial score (nSPS) is 22.1. The number of carbonyl (C=O) groups excluding carboxylic acids is 1. The van der Waals surface area contributed by atoms with Gasteiger partial charge < -0.3 is 23.7 Å². The molecule has 2 fully saturated rings. The summed E-state index contributed by atoms with van der Waals surface area (Å²) in [6.07, 6.45) is 5.15. The SMILES string of the molecule is COc1cc(C=C2OC(C)(C)[C@H]3COC[C@@H](c4cc(F)c(F)c(F)c4)N3C2=O)ccc1-n1cnc(C)c1. The maximum Gasteiger partial charge on any atom is 0.290 e. The van der Waals surface area contributed by atoms with E-state index >= 15 is 0 Å².